The van der Waals surface area contributed by atoms with E-state index >= 15 is 0 Å². The summed E-state index contributed by atoms with van der Waals surface area (Å²) in [4.78, 5) is 12.2. The molecule has 1 fully saturated rings. The van der Waals surface area contributed by atoms with Gasteiger partial charge in [0.1, 0.15) is 5.75 Å². The van der Waals surface area contributed by atoms with Crippen LogP contribution in [0.1, 0.15) is 36.8 Å². The molecule has 0 aliphatic heterocycles. The van der Waals surface area contributed by atoms with Gasteiger partial charge in [-0.15, -0.1) is 0 Å². The first-order valence-electron chi connectivity index (χ1n) is 8.85. The van der Waals surface area contributed by atoms with Crippen LogP contribution in [0.2, 0.25) is 0 Å². The summed E-state index contributed by atoms with van der Waals surface area (Å²) >= 11 is 0. The molecule has 1 aliphatic carbocycles. The van der Waals surface area contributed by atoms with Gasteiger partial charge in [0.2, 0.25) is 5.91 Å². The van der Waals surface area contributed by atoms with Crippen LogP contribution in [0, 0.1) is 5.92 Å². The van der Waals surface area contributed by atoms with Crippen LogP contribution in [0.25, 0.3) is 0 Å². The third kappa shape index (κ3) is 5.07. The van der Waals surface area contributed by atoms with Crippen LogP contribution in [0.3, 0.4) is 0 Å². The minimum Gasteiger partial charge on any atom is -0.497 e. The van der Waals surface area contributed by atoms with Crippen molar-refractivity contribution in [3.63, 3.8) is 0 Å². The van der Waals surface area contributed by atoms with Gasteiger partial charge in [-0.3, -0.25) is 4.79 Å². The molecule has 3 rings (SSSR count). The Morgan fingerprint density at radius 3 is 2.48 bits per heavy atom. The summed E-state index contributed by atoms with van der Waals surface area (Å²) in [5, 5.41) is 3.04. The highest BCUT2D eigenvalue weighted by Crippen LogP contribution is 2.26. The summed E-state index contributed by atoms with van der Waals surface area (Å²) in [5.74, 6) is 1.17. The Hall–Kier alpha value is -2.33. The van der Waals surface area contributed by atoms with E-state index in [2.05, 4.69) is 5.32 Å². The van der Waals surface area contributed by atoms with E-state index in [1.807, 2.05) is 48.5 Å². The Bertz CT molecular complexity index is 691. The van der Waals surface area contributed by atoms with Crippen LogP contribution in [0.15, 0.2) is 48.5 Å². The number of amides is 1. The number of benzene rings is 2. The van der Waals surface area contributed by atoms with E-state index in [0.717, 1.165) is 48.2 Å². The maximum atomic E-state index is 12.2. The van der Waals surface area contributed by atoms with Gasteiger partial charge < -0.3 is 14.8 Å². The van der Waals surface area contributed by atoms with Gasteiger partial charge >= 0.3 is 0 Å². The molecule has 2 aromatic carbocycles. The van der Waals surface area contributed by atoms with Crippen molar-refractivity contribution in [1.82, 2.24) is 0 Å². The predicted molar refractivity (Wildman–Crippen MR) is 98.5 cm³/mol. The maximum Gasteiger partial charge on any atom is 0.227 e. The van der Waals surface area contributed by atoms with Gasteiger partial charge in [-0.1, -0.05) is 37.1 Å². The third-order valence-corrected chi connectivity index (χ3v) is 4.62. The molecule has 0 aromatic heterocycles. The van der Waals surface area contributed by atoms with Gasteiger partial charge in [0.15, 0.2) is 0 Å². The molecule has 1 N–H and O–H groups in total. The Kier molecular flexibility index (Phi) is 6.07. The van der Waals surface area contributed by atoms with Gasteiger partial charge in [0.05, 0.1) is 20.3 Å². The summed E-state index contributed by atoms with van der Waals surface area (Å²) in [5.41, 5.74) is 3.01. The topological polar surface area (TPSA) is 47.6 Å². The van der Waals surface area contributed by atoms with E-state index < -0.39 is 0 Å². The average Bonchev–Trinajstić information content (AvgIpc) is 3.17. The van der Waals surface area contributed by atoms with Crippen molar-refractivity contribution in [1.29, 1.82) is 0 Å². The van der Waals surface area contributed by atoms with Crippen LogP contribution in [0.4, 0.5) is 5.69 Å². The minimum atomic E-state index is 0.147. The molecule has 1 aliphatic rings. The Morgan fingerprint density at radius 1 is 1.04 bits per heavy atom. The molecule has 0 unspecified atom stereocenters. The van der Waals surface area contributed by atoms with E-state index in [0.29, 0.717) is 13.2 Å². The Balaban J connectivity index is 1.49. The number of rotatable bonds is 7. The number of methoxy groups -OCH3 is 1. The number of nitrogens with one attached hydrogen (secondary N) is 1. The molecular weight excluding hydrogens is 314 g/mol. The fraction of sp³-hybridized carbons (Fsp3) is 0.381. The van der Waals surface area contributed by atoms with Gasteiger partial charge in [-0.25, -0.2) is 0 Å². The normalized spacial score (nSPS) is 14.4. The van der Waals surface area contributed by atoms with Crippen molar-refractivity contribution in [2.75, 3.05) is 12.4 Å². The number of carbonyl (C=O) groups excluding carboxylic acids is 1. The third-order valence-electron chi connectivity index (χ3n) is 4.62. The second-order valence-corrected chi connectivity index (χ2v) is 6.51. The van der Waals surface area contributed by atoms with Gasteiger partial charge in [0.25, 0.3) is 0 Å². The number of carbonyl (C=O) groups is 1. The molecule has 0 saturated heterocycles. The number of anilines is 1. The van der Waals surface area contributed by atoms with Crippen molar-refractivity contribution < 1.29 is 14.3 Å². The van der Waals surface area contributed by atoms with Crippen LogP contribution in [0.5, 0.6) is 5.75 Å². The van der Waals surface area contributed by atoms with Crippen LogP contribution >= 0.6 is 0 Å². The lowest BCUT2D eigenvalue weighted by Crippen LogP contribution is -2.20. The summed E-state index contributed by atoms with van der Waals surface area (Å²) in [6.45, 7) is 1.06. The van der Waals surface area contributed by atoms with Crippen molar-refractivity contribution in [3.05, 3.63) is 59.7 Å². The second-order valence-electron chi connectivity index (χ2n) is 6.51. The predicted octanol–water partition coefficient (Wildman–Crippen LogP) is 4.54. The standard InChI is InChI=1S/C21H25NO3/c1-24-20-11-9-16(10-12-20)14-25-15-17-5-4-8-19(13-17)22-21(23)18-6-2-3-7-18/h4-5,8-13,18H,2-3,6-7,14-15H2,1H3,(H,22,23). The van der Waals surface area contributed by atoms with Crippen LogP contribution in [-0.2, 0) is 22.7 Å². The van der Waals surface area contributed by atoms with Crippen molar-refractivity contribution >= 4 is 11.6 Å². The monoisotopic (exact) mass is 339 g/mol. The summed E-state index contributed by atoms with van der Waals surface area (Å²) in [6.07, 6.45) is 4.35. The average molecular weight is 339 g/mol. The van der Waals surface area contributed by atoms with E-state index in [9.17, 15) is 4.79 Å². The molecule has 0 atom stereocenters. The minimum absolute atomic E-state index is 0.147. The second kappa shape index (κ2) is 8.67. The van der Waals surface area contributed by atoms with Crippen molar-refractivity contribution in [2.24, 2.45) is 5.92 Å². The molecule has 0 radical (unpaired) electrons. The highest BCUT2D eigenvalue weighted by Gasteiger charge is 2.22. The number of hydrogen-bond donors (Lipinski definition) is 1. The molecule has 4 nitrogen and oxygen atoms in total. The fourth-order valence-corrected chi connectivity index (χ4v) is 3.18. The summed E-state index contributed by atoms with van der Waals surface area (Å²) in [7, 11) is 1.66. The Labute approximate surface area is 149 Å². The smallest absolute Gasteiger partial charge is 0.227 e. The van der Waals surface area contributed by atoms with Crippen LogP contribution in [-0.4, -0.2) is 13.0 Å². The lowest BCUT2D eigenvalue weighted by atomic mass is 10.1. The first-order chi connectivity index (χ1) is 12.2. The number of ether oxygens (including phenoxy) is 2. The van der Waals surface area contributed by atoms with E-state index in [4.69, 9.17) is 9.47 Å². The quantitative estimate of drug-likeness (QED) is 0.805. The lowest BCUT2D eigenvalue weighted by molar-refractivity contribution is -0.119. The zero-order valence-electron chi connectivity index (χ0n) is 14.7. The highest BCUT2D eigenvalue weighted by molar-refractivity contribution is 5.92. The Morgan fingerprint density at radius 2 is 1.76 bits per heavy atom. The molecule has 0 spiro atoms. The van der Waals surface area contributed by atoms with Crippen LogP contribution < -0.4 is 10.1 Å². The maximum absolute atomic E-state index is 12.2. The zero-order valence-corrected chi connectivity index (χ0v) is 14.7. The molecule has 132 valence electrons. The summed E-state index contributed by atoms with van der Waals surface area (Å²) in [6, 6.07) is 15.7. The first-order valence-corrected chi connectivity index (χ1v) is 8.85. The SMILES string of the molecule is COc1ccc(COCc2cccc(NC(=O)C3CCCC3)c2)cc1. The van der Waals surface area contributed by atoms with Crippen molar-refractivity contribution in [3.8, 4) is 5.75 Å². The first kappa shape index (κ1) is 17.5. The number of hydrogen-bond acceptors (Lipinski definition) is 3. The van der Waals surface area contributed by atoms with E-state index in [1.54, 1.807) is 7.11 Å². The fourth-order valence-electron chi connectivity index (χ4n) is 3.18. The zero-order chi connectivity index (χ0) is 17.5. The highest BCUT2D eigenvalue weighted by atomic mass is 16.5. The largest absolute Gasteiger partial charge is 0.497 e. The van der Waals surface area contributed by atoms with Gasteiger partial charge in [0, 0.05) is 11.6 Å². The van der Waals surface area contributed by atoms with E-state index in [1.165, 1.54) is 0 Å². The lowest BCUT2D eigenvalue weighted by Gasteiger charge is -2.11. The van der Waals surface area contributed by atoms with Gasteiger partial charge in [-0.2, -0.15) is 0 Å². The van der Waals surface area contributed by atoms with Gasteiger partial charge in [-0.05, 0) is 48.2 Å². The molecule has 0 heterocycles. The molecule has 25 heavy (non-hydrogen) atoms. The molecule has 1 amide bonds. The van der Waals surface area contributed by atoms with E-state index in [-0.39, 0.29) is 11.8 Å². The molecule has 2 aromatic rings. The molecule has 4 heteroatoms. The molecule has 0 bridgehead atoms. The molecular formula is C21H25NO3. The summed E-state index contributed by atoms with van der Waals surface area (Å²) < 4.78 is 10.9. The van der Waals surface area contributed by atoms with Crippen molar-refractivity contribution in [2.45, 2.75) is 38.9 Å². The molecule has 1 saturated carbocycles.